The van der Waals surface area contributed by atoms with Gasteiger partial charge in [0.2, 0.25) is 0 Å². The number of ether oxygens (including phenoxy) is 1. The molecule has 1 aromatic carbocycles. The van der Waals surface area contributed by atoms with Gasteiger partial charge in [0.25, 0.3) is 0 Å². The lowest BCUT2D eigenvalue weighted by molar-refractivity contribution is 0.221. The number of phenols is 1. The molecule has 2 rings (SSSR count). The maximum Gasteiger partial charge on any atom is 0.137 e. The number of halogens is 1. The number of hydrogen-bond acceptors (Lipinski definition) is 3. The molecular formula is C10H12BrNO2. The molecule has 0 aromatic heterocycles. The normalized spacial score (nSPS) is 21.1. The Balaban J connectivity index is 2.10. The predicted octanol–water partition coefficient (Wildman–Crippen LogP) is 1.90. The lowest BCUT2D eigenvalue weighted by atomic mass is 10.3. The monoisotopic (exact) mass is 257 g/mol. The minimum Gasteiger partial charge on any atom is -0.508 e. The van der Waals surface area contributed by atoms with Crippen molar-refractivity contribution in [2.45, 2.75) is 12.5 Å². The molecular weight excluding hydrogens is 246 g/mol. The minimum absolute atomic E-state index is 0.216. The Labute approximate surface area is 91.2 Å². The third kappa shape index (κ3) is 2.19. The summed E-state index contributed by atoms with van der Waals surface area (Å²) in [7, 11) is 0. The minimum atomic E-state index is 0.216. The quantitative estimate of drug-likeness (QED) is 0.851. The smallest absolute Gasteiger partial charge is 0.137 e. The summed E-state index contributed by atoms with van der Waals surface area (Å²) < 4.78 is 6.59. The van der Waals surface area contributed by atoms with Crippen molar-refractivity contribution >= 4 is 15.9 Å². The summed E-state index contributed by atoms with van der Waals surface area (Å²) >= 11 is 3.38. The van der Waals surface area contributed by atoms with Crippen molar-refractivity contribution in [1.82, 2.24) is 5.32 Å². The van der Waals surface area contributed by atoms with Crippen LogP contribution in [0.3, 0.4) is 0 Å². The van der Waals surface area contributed by atoms with Crippen LogP contribution in [0.1, 0.15) is 6.42 Å². The van der Waals surface area contributed by atoms with Crippen molar-refractivity contribution in [3.8, 4) is 11.5 Å². The second-order valence-corrected chi connectivity index (χ2v) is 4.20. The van der Waals surface area contributed by atoms with Crippen LogP contribution in [0.15, 0.2) is 22.7 Å². The molecule has 1 aromatic rings. The number of nitrogens with one attached hydrogen (secondary N) is 1. The third-order valence-electron chi connectivity index (χ3n) is 2.22. The molecule has 1 unspecified atom stereocenters. The predicted molar refractivity (Wildman–Crippen MR) is 57.7 cm³/mol. The van der Waals surface area contributed by atoms with Crippen LogP contribution in [0.2, 0.25) is 0 Å². The molecule has 3 nitrogen and oxygen atoms in total. The maximum atomic E-state index is 9.29. The van der Waals surface area contributed by atoms with Crippen LogP contribution in [0.4, 0.5) is 0 Å². The van der Waals surface area contributed by atoms with Crippen LogP contribution < -0.4 is 10.1 Å². The zero-order valence-corrected chi connectivity index (χ0v) is 9.25. The van der Waals surface area contributed by atoms with Crippen LogP contribution in [0.25, 0.3) is 0 Å². The molecule has 0 bridgehead atoms. The van der Waals surface area contributed by atoms with E-state index < -0.39 is 0 Å². The van der Waals surface area contributed by atoms with E-state index >= 15 is 0 Å². The first-order valence-electron chi connectivity index (χ1n) is 4.61. The third-order valence-corrected chi connectivity index (χ3v) is 2.88. The molecule has 2 N–H and O–H groups in total. The molecule has 1 fully saturated rings. The van der Waals surface area contributed by atoms with Gasteiger partial charge in [-0.25, -0.2) is 0 Å². The first-order chi connectivity index (χ1) is 6.75. The van der Waals surface area contributed by atoms with Crippen molar-refractivity contribution in [1.29, 1.82) is 0 Å². The highest BCUT2D eigenvalue weighted by Gasteiger charge is 2.17. The van der Waals surface area contributed by atoms with Gasteiger partial charge in [0.1, 0.15) is 17.6 Å². The summed E-state index contributed by atoms with van der Waals surface area (Å²) in [6.45, 7) is 1.88. The Bertz CT molecular complexity index is 324. The van der Waals surface area contributed by atoms with E-state index in [1.54, 1.807) is 18.2 Å². The molecule has 1 aliphatic heterocycles. The van der Waals surface area contributed by atoms with Gasteiger partial charge >= 0.3 is 0 Å². The molecule has 76 valence electrons. The molecule has 0 radical (unpaired) electrons. The van der Waals surface area contributed by atoms with Crippen molar-refractivity contribution in [2.75, 3.05) is 13.1 Å². The summed E-state index contributed by atoms with van der Waals surface area (Å²) in [5.41, 5.74) is 0. The van der Waals surface area contributed by atoms with Gasteiger partial charge in [0.15, 0.2) is 0 Å². The highest BCUT2D eigenvalue weighted by atomic mass is 79.9. The van der Waals surface area contributed by atoms with Gasteiger partial charge in [-0.1, -0.05) is 0 Å². The summed E-state index contributed by atoms with van der Waals surface area (Å²) in [5.74, 6) is 0.938. The van der Waals surface area contributed by atoms with Gasteiger partial charge < -0.3 is 15.2 Å². The number of rotatable bonds is 2. The average Bonchev–Trinajstić information content (AvgIpc) is 2.64. The molecule has 0 spiro atoms. The second-order valence-electron chi connectivity index (χ2n) is 3.35. The Kier molecular flexibility index (Phi) is 2.93. The van der Waals surface area contributed by atoms with Gasteiger partial charge in [-0.2, -0.15) is 0 Å². The van der Waals surface area contributed by atoms with Gasteiger partial charge in [-0.3, -0.25) is 0 Å². The van der Waals surface area contributed by atoms with E-state index in [1.807, 2.05) is 0 Å². The summed E-state index contributed by atoms with van der Waals surface area (Å²) in [5, 5.41) is 12.5. The molecule has 1 aliphatic rings. The fraction of sp³-hybridized carbons (Fsp3) is 0.400. The van der Waals surface area contributed by atoms with Crippen LogP contribution in [-0.2, 0) is 0 Å². The summed E-state index contributed by atoms with van der Waals surface area (Å²) in [6, 6.07) is 5.04. The number of phenolic OH excluding ortho intramolecular Hbond substituents is 1. The zero-order valence-electron chi connectivity index (χ0n) is 7.66. The Hall–Kier alpha value is -0.740. The average molecular weight is 258 g/mol. The highest BCUT2D eigenvalue weighted by Crippen LogP contribution is 2.30. The Morgan fingerprint density at radius 1 is 1.50 bits per heavy atom. The molecule has 1 heterocycles. The SMILES string of the molecule is Oc1ccc(Br)c(OC2CCNC2)c1. The van der Waals surface area contributed by atoms with Crippen molar-refractivity contribution in [2.24, 2.45) is 0 Å². The van der Waals surface area contributed by atoms with Crippen molar-refractivity contribution < 1.29 is 9.84 Å². The maximum absolute atomic E-state index is 9.29. The molecule has 14 heavy (non-hydrogen) atoms. The zero-order chi connectivity index (χ0) is 9.97. The Morgan fingerprint density at radius 2 is 2.36 bits per heavy atom. The van der Waals surface area contributed by atoms with E-state index in [0.717, 1.165) is 24.0 Å². The van der Waals surface area contributed by atoms with E-state index in [9.17, 15) is 5.11 Å². The fourth-order valence-corrected chi connectivity index (χ4v) is 1.83. The van der Waals surface area contributed by atoms with E-state index in [2.05, 4.69) is 21.2 Å². The van der Waals surface area contributed by atoms with Crippen LogP contribution in [-0.4, -0.2) is 24.3 Å². The van der Waals surface area contributed by atoms with Gasteiger partial charge in [0, 0.05) is 12.6 Å². The molecule has 4 heteroatoms. The molecule has 0 saturated carbocycles. The fourth-order valence-electron chi connectivity index (χ4n) is 1.49. The largest absolute Gasteiger partial charge is 0.508 e. The van der Waals surface area contributed by atoms with Gasteiger partial charge in [0.05, 0.1) is 4.47 Å². The summed E-state index contributed by atoms with van der Waals surface area (Å²) in [6.07, 6.45) is 1.23. The van der Waals surface area contributed by atoms with E-state index in [-0.39, 0.29) is 11.9 Å². The van der Waals surface area contributed by atoms with Crippen molar-refractivity contribution in [3.63, 3.8) is 0 Å². The number of benzene rings is 1. The number of hydrogen-bond donors (Lipinski definition) is 2. The van der Waals surface area contributed by atoms with Crippen LogP contribution in [0.5, 0.6) is 11.5 Å². The van der Waals surface area contributed by atoms with E-state index in [4.69, 9.17) is 4.74 Å². The molecule has 1 atom stereocenters. The lowest BCUT2D eigenvalue weighted by Gasteiger charge is -2.13. The first kappa shape index (κ1) is 9.80. The molecule has 1 saturated heterocycles. The van der Waals surface area contributed by atoms with E-state index in [0.29, 0.717) is 5.75 Å². The van der Waals surface area contributed by atoms with Crippen LogP contribution in [0, 0.1) is 0 Å². The van der Waals surface area contributed by atoms with Crippen molar-refractivity contribution in [3.05, 3.63) is 22.7 Å². The lowest BCUT2D eigenvalue weighted by Crippen LogP contribution is -2.19. The van der Waals surface area contributed by atoms with E-state index in [1.165, 1.54) is 0 Å². The van der Waals surface area contributed by atoms with Gasteiger partial charge in [-0.05, 0) is 41.0 Å². The Morgan fingerprint density at radius 3 is 3.07 bits per heavy atom. The second kappa shape index (κ2) is 4.19. The van der Waals surface area contributed by atoms with Gasteiger partial charge in [-0.15, -0.1) is 0 Å². The topological polar surface area (TPSA) is 41.5 Å². The summed E-state index contributed by atoms with van der Waals surface area (Å²) in [4.78, 5) is 0. The molecule has 0 aliphatic carbocycles. The number of aromatic hydroxyl groups is 1. The first-order valence-corrected chi connectivity index (χ1v) is 5.41. The molecule has 0 amide bonds. The van der Waals surface area contributed by atoms with Crippen LogP contribution >= 0.6 is 15.9 Å². The standard InChI is InChI=1S/C10H12BrNO2/c11-9-2-1-7(13)5-10(9)14-8-3-4-12-6-8/h1-2,5,8,12-13H,3-4,6H2. The highest BCUT2D eigenvalue weighted by molar-refractivity contribution is 9.10.